The first kappa shape index (κ1) is 17.7. The van der Waals surface area contributed by atoms with Gasteiger partial charge in [-0.2, -0.15) is 0 Å². The number of rotatable bonds is 7. The maximum absolute atomic E-state index is 12.4. The molecule has 3 rings (SSSR count). The van der Waals surface area contributed by atoms with Gasteiger partial charge in [0.2, 0.25) is 0 Å². The molecular formula is C19H19NO3S2. The van der Waals surface area contributed by atoms with Crippen LogP contribution in [0, 0.1) is 0 Å². The summed E-state index contributed by atoms with van der Waals surface area (Å²) in [5.41, 5.74) is -1.23. The van der Waals surface area contributed by atoms with E-state index >= 15 is 0 Å². The van der Waals surface area contributed by atoms with Crippen LogP contribution < -0.4 is 10.1 Å². The van der Waals surface area contributed by atoms with E-state index in [1.54, 1.807) is 19.1 Å². The minimum atomic E-state index is -1.23. The number of ether oxygens (including phenoxy) is 1. The maximum Gasteiger partial charge on any atom is 0.260 e. The lowest BCUT2D eigenvalue weighted by atomic mass is 9.99. The molecule has 0 fully saturated rings. The summed E-state index contributed by atoms with van der Waals surface area (Å²) in [5.74, 6) is 0.368. The molecule has 0 unspecified atom stereocenters. The Balaban J connectivity index is 1.68. The van der Waals surface area contributed by atoms with Crippen molar-refractivity contribution < 1.29 is 14.6 Å². The Bertz CT molecular complexity index is 751. The Hall–Kier alpha value is -2.15. The van der Waals surface area contributed by atoms with Crippen molar-refractivity contribution in [2.75, 3.05) is 6.54 Å². The fraction of sp³-hybridized carbons (Fsp3) is 0.211. The Morgan fingerprint density at radius 2 is 1.68 bits per heavy atom. The van der Waals surface area contributed by atoms with Gasteiger partial charge in [-0.05, 0) is 41.9 Å². The first-order valence-corrected chi connectivity index (χ1v) is 9.65. The molecule has 1 aromatic carbocycles. The topological polar surface area (TPSA) is 58.6 Å². The summed E-state index contributed by atoms with van der Waals surface area (Å²) in [4.78, 5) is 14.0. The molecule has 0 bridgehead atoms. The van der Waals surface area contributed by atoms with Crippen molar-refractivity contribution in [2.24, 2.45) is 0 Å². The minimum absolute atomic E-state index is 0.0926. The minimum Gasteiger partial charge on any atom is -0.481 e. The van der Waals surface area contributed by atoms with Crippen molar-refractivity contribution in [1.82, 2.24) is 5.32 Å². The van der Waals surface area contributed by atoms with E-state index in [4.69, 9.17) is 4.74 Å². The predicted octanol–water partition coefficient (Wildman–Crippen LogP) is 3.63. The van der Waals surface area contributed by atoms with Gasteiger partial charge in [-0.3, -0.25) is 4.79 Å². The van der Waals surface area contributed by atoms with E-state index in [1.165, 1.54) is 22.7 Å². The first-order chi connectivity index (χ1) is 12.1. The van der Waals surface area contributed by atoms with Crippen LogP contribution in [-0.4, -0.2) is 23.7 Å². The number of nitrogens with one attached hydrogen (secondary N) is 1. The predicted molar refractivity (Wildman–Crippen MR) is 101 cm³/mol. The van der Waals surface area contributed by atoms with E-state index < -0.39 is 11.7 Å². The fourth-order valence-corrected chi connectivity index (χ4v) is 4.18. The SMILES string of the molecule is C[C@@H](Oc1ccccc1)C(=O)NCC(O)(c1cccs1)c1cccs1. The molecule has 0 aliphatic carbocycles. The molecule has 2 N–H and O–H groups in total. The molecule has 0 spiro atoms. The summed E-state index contributed by atoms with van der Waals surface area (Å²) in [6.45, 7) is 1.78. The van der Waals surface area contributed by atoms with Gasteiger partial charge in [0.25, 0.3) is 5.91 Å². The Morgan fingerprint density at radius 1 is 1.08 bits per heavy atom. The molecule has 6 heteroatoms. The maximum atomic E-state index is 12.4. The van der Waals surface area contributed by atoms with Gasteiger partial charge in [0.05, 0.1) is 6.54 Å². The van der Waals surface area contributed by atoms with Gasteiger partial charge < -0.3 is 15.2 Å². The van der Waals surface area contributed by atoms with Gasteiger partial charge in [-0.25, -0.2) is 0 Å². The van der Waals surface area contributed by atoms with Gasteiger partial charge >= 0.3 is 0 Å². The van der Waals surface area contributed by atoms with Crippen molar-refractivity contribution in [1.29, 1.82) is 0 Å². The highest BCUT2D eigenvalue weighted by Crippen LogP contribution is 2.35. The van der Waals surface area contributed by atoms with Gasteiger partial charge in [0.1, 0.15) is 11.4 Å². The third kappa shape index (κ3) is 4.10. The van der Waals surface area contributed by atoms with Gasteiger partial charge in [0.15, 0.2) is 6.10 Å². The van der Waals surface area contributed by atoms with E-state index in [2.05, 4.69) is 5.32 Å². The molecule has 1 amide bonds. The second-order valence-electron chi connectivity index (χ2n) is 5.61. The van der Waals surface area contributed by atoms with Crippen LogP contribution in [0.5, 0.6) is 5.75 Å². The summed E-state index contributed by atoms with van der Waals surface area (Å²) in [5, 5.41) is 17.9. The number of hydrogen-bond acceptors (Lipinski definition) is 5. The van der Waals surface area contributed by atoms with Crippen molar-refractivity contribution in [3.8, 4) is 5.75 Å². The number of carbonyl (C=O) groups is 1. The van der Waals surface area contributed by atoms with Crippen LogP contribution in [0.25, 0.3) is 0 Å². The van der Waals surface area contributed by atoms with Crippen LogP contribution in [0.4, 0.5) is 0 Å². The standard InChI is InChI=1S/C19H19NO3S2/c1-14(23-15-7-3-2-4-8-15)18(21)20-13-19(22,16-9-5-11-24-16)17-10-6-12-25-17/h2-12,14,22H,13H2,1H3,(H,20,21)/t14-/m1/s1. The van der Waals surface area contributed by atoms with E-state index in [1.807, 2.05) is 53.2 Å². The summed E-state index contributed by atoms with van der Waals surface area (Å²) in [7, 11) is 0. The highest BCUT2D eigenvalue weighted by Gasteiger charge is 2.34. The van der Waals surface area contributed by atoms with Gasteiger partial charge in [-0.1, -0.05) is 30.3 Å². The van der Waals surface area contributed by atoms with Crippen LogP contribution in [0.2, 0.25) is 0 Å². The molecule has 2 aromatic heterocycles. The Kier molecular flexibility index (Phi) is 5.53. The smallest absolute Gasteiger partial charge is 0.260 e. The third-order valence-corrected chi connectivity index (χ3v) is 5.84. The number of amides is 1. The number of thiophene rings is 2. The van der Waals surface area contributed by atoms with Crippen molar-refractivity contribution >= 4 is 28.6 Å². The summed E-state index contributed by atoms with van der Waals surface area (Å²) < 4.78 is 5.63. The average molecular weight is 373 g/mol. The molecular weight excluding hydrogens is 354 g/mol. The number of para-hydroxylation sites is 1. The number of aliphatic hydroxyl groups is 1. The zero-order valence-electron chi connectivity index (χ0n) is 13.7. The molecule has 0 aliphatic heterocycles. The van der Waals surface area contributed by atoms with Crippen molar-refractivity contribution in [3.63, 3.8) is 0 Å². The first-order valence-electron chi connectivity index (χ1n) is 7.89. The molecule has 0 radical (unpaired) electrons. The Morgan fingerprint density at radius 3 is 2.20 bits per heavy atom. The lowest BCUT2D eigenvalue weighted by Gasteiger charge is -2.27. The zero-order valence-corrected chi connectivity index (χ0v) is 15.3. The van der Waals surface area contributed by atoms with Crippen LogP contribution in [0.15, 0.2) is 65.4 Å². The lowest BCUT2D eigenvalue weighted by Crippen LogP contribution is -2.45. The normalized spacial score (nSPS) is 12.6. The fourth-order valence-electron chi connectivity index (χ4n) is 2.44. The summed E-state index contributed by atoms with van der Waals surface area (Å²) in [6, 6.07) is 16.7. The van der Waals surface area contributed by atoms with Crippen molar-refractivity contribution in [2.45, 2.75) is 18.6 Å². The molecule has 0 saturated heterocycles. The molecule has 2 heterocycles. The Labute approximate surface area is 154 Å². The van der Waals surface area contributed by atoms with Gasteiger partial charge in [-0.15, -0.1) is 22.7 Å². The van der Waals surface area contributed by atoms with Crippen LogP contribution in [-0.2, 0) is 10.4 Å². The molecule has 4 nitrogen and oxygen atoms in total. The quantitative estimate of drug-likeness (QED) is 0.665. The lowest BCUT2D eigenvalue weighted by molar-refractivity contribution is -0.128. The molecule has 1 atom stereocenters. The van der Waals surface area contributed by atoms with Gasteiger partial charge in [0, 0.05) is 9.75 Å². The molecule has 25 heavy (non-hydrogen) atoms. The largest absolute Gasteiger partial charge is 0.481 e. The summed E-state index contributed by atoms with van der Waals surface area (Å²) in [6.07, 6.45) is -0.654. The molecule has 0 saturated carbocycles. The van der Waals surface area contributed by atoms with E-state index in [-0.39, 0.29) is 12.5 Å². The highest BCUT2D eigenvalue weighted by molar-refractivity contribution is 7.11. The monoisotopic (exact) mass is 373 g/mol. The second kappa shape index (κ2) is 7.82. The summed E-state index contributed by atoms with van der Waals surface area (Å²) >= 11 is 2.93. The molecule has 130 valence electrons. The number of carbonyl (C=O) groups excluding carboxylic acids is 1. The van der Waals surface area contributed by atoms with E-state index in [0.717, 1.165) is 9.75 Å². The average Bonchev–Trinajstić information content (AvgIpc) is 3.34. The van der Waals surface area contributed by atoms with Crippen LogP contribution in [0.3, 0.4) is 0 Å². The van der Waals surface area contributed by atoms with Crippen molar-refractivity contribution in [3.05, 3.63) is 75.1 Å². The third-order valence-electron chi connectivity index (χ3n) is 3.80. The van der Waals surface area contributed by atoms with E-state index in [0.29, 0.717) is 5.75 Å². The van der Waals surface area contributed by atoms with Crippen LogP contribution in [0.1, 0.15) is 16.7 Å². The van der Waals surface area contributed by atoms with E-state index in [9.17, 15) is 9.90 Å². The van der Waals surface area contributed by atoms with Crippen LogP contribution >= 0.6 is 22.7 Å². The number of hydrogen-bond donors (Lipinski definition) is 2. The molecule has 0 aliphatic rings. The highest BCUT2D eigenvalue weighted by atomic mass is 32.1. The number of benzene rings is 1. The second-order valence-corrected chi connectivity index (χ2v) is 7.50. The molecule has 3 aromatic rings. The zero-order chi connectivity index (χ0) is 17.7.